The van der Waals surface area contributed by atoms with Gasteiger partial charge in [-0.3, -0.25) is 0 Å². The zero-order chi connectivity index (χ0) is 13.3. The molecular weight excluding hydrogens is 232 g/mol. The number of aliphatic hydroxyl groups excluding tert-OH is 1. The Balaban J connectivity index is 2.30. The lowest BCUT2D eigenvalue weighted by Crippen LogP contribution is -2.46. The Morgan fingerprint density at radius 2 is 2.06 bits per heavy atom. The standard InChI is InChI=1S/C13H28N2O3/c1-14-11-13(3-7-17-8-4-13)12-15(2)5-9-18-10-6-16/h14,16H,3-12H2,1-2H3. The first-order valence-electron chi connectivity index (χ1n) is 6.82. The molecule has 0 atom stereocenters. The minimum Gasteiger partial charge on any atom is -0.394 e. The van der Waals surface area contributed by atoms with Crippen molar-refractivity contribution in [1.29, 1.82) is 0 Å². The molecule has 0 aromatic heterocycles. The third-order valence-electron chi connectivity index (χ3n) is 3.56. The Hall–Kier alpha value is -0.200. The molecular formula is C13H28N2O3. The van der Waals surface area contributed by atoms with Gasteiger partial charge in [0.1, 0.15) is 0 Å². The highest BCUT2D eigenvalue weighted by Crippen LogP contribution is 2.30. The zero-order valence-corrected chi connectivity index (χ0v) is 11.8. The summed E-state index contributed by atoms with van der Waals surface area (Å²) in [7, 11) is 4.15. The van der Waals surface area contributed by atoms with Crippen LogP contribution in [0.25, 0.3) is 0 Å². The van der Waals surface area contributed by atoms with E-state index in [0.717, 1.165) is 45.7 Å². The summed E-state index contributed by atoms with van der Waals surface area (Å²) in [5, 5.41) is 12.0. The number of likely N-dealkylation sites (N-methyl/N-ethyl adjacent to an activating group) is 1. The highest BCUT2D eigenvalue weighted by atomic mass is 16.5. The summed E-state index contributed by atoms with van der Waals surface area (Å²) in [5.41, 5.74) is 0.332. The summed E-state index contributed by atoms with van der Waals surface area (Å²) in [6.07, 6.45) is 2.24. The van der Waals surface area contributed by atoms with Crippen molar-refractivity contribution in [2.24, 2.45) is 5.41 Å². The van der Waals surface area contributed by atoms with Crippen LogP contribution in [0.2, 0.25) is 0 Å². The average Bonchev–Trinajstić information content (AvgIpc) is 2.36. The van der Waals surface area contributed by atoms with Crippen LogP contribution in [0.15, 0.2) is 0 Å². The summed E-state index contributed by atoms with van der Waals surface area (Å²) >= 11 is 0. The summed E-state index contributed by atoms with van der Waals surface area (Å²) in [6, 6.07) is 0. The molecule has 1 saturated heterocycles. The number of rotatable bonds is 9. The van der Waals surface area contributed by atoms with Crippen molar-refractivity contribution >= 4 is 0 Å². The summed E-state index contributed by atoms with van der Waals surface area (Å²) < 4.78 is 10.8. The molecule has 0 aliphatic carbocycles. The van der Waals surface area contributed by atoms with Crippen LogP contribution in [0.4, 0.5) is 0 Å². The summed E-state index contributed by atoms with van der Waals surface area (Å²) in [6.45, 7) is 5.98. The Morgan fingerprint density at radius 3 is 2.67 bits per heavy atom. The van der Waals surface area contributed by atoms with E-state index in [4.69, 9.17) is 14.6 Å². The minimum atomic E-state index is 0.102. The van der Waals surface area contributed by atoms with Crippen molar-refractivity contribution in [3.8, 4) is 0 Å². The molecule has 108 valence electrons. The van der Waals surface area contributed by atoms with Crippen LogP contribution < -0.4 is 5.32 Å². The molecule has 1 rings (SSSR count). The Kier molecular flexibility index (Phi) is 7.77. The second-order valence-corrected chi connectivity index (χ2v) is 5.22. The van der Waals surface area contributed by atoms with Crippen molar-refractivity contribution in [1.82, 2.24) is 10.2 Å². The molecule has 0 bridgehead atoms. The minimum absolute atomic E-state index is 0.102. The molecule has 1 fully saturated rings. The van der Waals surface area contributed by atoms with E-state index < -0.39 is 0 Å². The van der Waals surface area contributed by atoms with Gasteiger partial charge < -0.3 is 24.8 Å². The fraction of sp³-hybridized carbons (Fsp3) is 1.00. The van der Waals surface area contributed by atoms with Crippen molar-refractivity contribution in [3.05, 3.63) is 0 Å². The van der Waals surface area contributed by atoms with Gasteiger partial charge in [0.2, 0.25) is 0 Å². The van der Waals surface area contributed by atoms with Crippen LogP contribution in [0.5, 0.6) is 0 Å². The third kappa shape index (κ3) is 5.63. The van der Waals surface area contributed by atoms with Crippen molar-refractivity contribution in [2.45, 2.75) is 12.8 Å². The van der Waals surface area contributed by atoms with Crippen molar-refractivity contribution in [2.75, 3.05) is 66.8 Å². The molecule has 1 aliphatic rings. The summed E-state index contributed by atoms with van der Waals surface area (Å²) in [5.74, 6) is 0. The number of nitrogens with one attached hydrogen (secondary N) is 1. The van der Waals surface area contributed by atoms with Crippen molar-refractivity contribution in [3.63, 3.8) is 0 Å². The average molecular weight is 260 g/mol. The molecule has 5 heteroatoms. The number of hydrogen-bond donors (Lipinski definition) is 2. The van der Waals surface area contributed by atoms with Crippen LogP contribution in [0, 0.1) is 5.41 Å². The first-order valence-corrected chi connectivity index (χ1v) is 6.82. The van der Waals surface area contributed by atoms with E-state index in [2.05, 4.69) is 17.3 Å². The van der Waals surface area contributed by atoms with Gasteiger partial charge in [-0.05, 0) is 32.4 Å². The zero-order valence-electron chi connectivity index (χ0n) is 11.8. The first kappa shape index (κ1) is 15.9. The SMILES string of the molecule is CNCC1(CN(C)CCOCCO)CCOCC1. The molecule has 0 amide bonds. The van der Waals surface area contributed by atoms with E-state index >= 15 is 0 Å². The monoisotopic (exact) mass is 260 g/mol. The van der Waals surface area contributed by atoms with Crippen LogP contribution in [-0.2, 0) is 9.47 Å². The highest BCUT2D eigenvalue weighted by Gasteiger charge is 2.32. The Morgan fingerprint density at radius 1 is 1.33 bits per heavy atom. The topological polar surface area (TPSA) is 54.0 Å². The maximum absolute atomic E-state index is 8.64. The quantitative estimate of drug-likeness (QED) is 0.569. The fourth-order valence-corrected chi connectivity index (χ4v) is 2.61. The molecule has 5 nitrogen and oxygen atoms in total. The van der Waals surface area contributed by atoms with Crippen molar-refractivity contribution < 1.29 is 14.6 Å². The van der Waals surface area contributed by atoms with Crippen LogP contribution in [-0.4, -0.2) is 76.8 Å². The summed E-state index contributed by atoms with van der Waals surface area (Å²) in [4.78, 5) is 2.32. The lowest BCUT2D eigenvalue weighted by molar-refractivity contribution is -0.00462. The highest BCUT2D eigenvalue weighted by molar-refractivity contribution is 4.86. The number of nitrogens with zero attached hydrogens (tertiary/aromatic N) is 1. The maximum Gasteiger partial charge on any atom is 0.0698 e. The molecule has 0 aromatic rings. The number of hydrogen-bond acceptors (Lipinski definition) is 5. The van der Waals surface area contributed by atoms with Gasteiger partial charge in [0.05, 0.1) is 19.8 Å². The van der Waals surface area contributed by atoms with E-state index in [9.17, 15) is 0 Å². The van der Waals surface area contributed by atoms with Gasteiger partial charge in [-0.25, -0.2) is 0 Å². The maximum atomic E-state index is 8.64. The lowest BCUT2D eigenvalue weighted by Gasteiger charge is -2.40. The van der Waals surface area contributed by atoms with Gasteiger partial charge in [0.25, 0.3) is 0 Å². The molecule has 0 radical (unpaired) electrons. The molecule has 18 heavy (non-hydrogen) atoms. The molecule has 1 heterocycles. The van der Waals surface area contributed by atoms with E-state index in [-0.39, 0.29) is 6.61 Å². The van der Waals surface area contributed by atoms with E-state index in [1.807, 2.05) is 7.05 Å². The number of ether oxygens (including phenoxy) is 2. The fourth-order valence-electron chi connectivity index (χ4n) is 2.61. The van der Waals surface area contributed by atoms with E-state index in [0.29, 0.717) is 18.6 Å². The van der Waals surface area contributed by atoms with Crippen LogP contribution in [0.3, 0.4) is 0 Å². The van der Waals surface area contributed by atoms with E-state index in [1.165, 1.54) is 0 Å². The molecule has 2 N–H and O–H groups in total. The Labute approximate surface area is 110 Å². The molecule has 0 spiro atoms. The van der Waals surface area contributed by atoms with Crippen LogP contribution >= 0.6 is 0 Å². The second-order valence-electron chi connectivity index (χ2n) is 5.22. The van der Waals surface area contributed by atoms with Gasteiger partial charge in [0.15, 0.2) is 0 Å². The van der Waals surface area contributed by atoms with Crippen LogP contribution in [0.1, 0.15) is 12.8 Å². The molecule has 0 unspecified atom stereocenters. The van der Waals surface area contributed by atoms with Gasteiger partial charge >= 0.3 is 0 Å². The molecule has 0 saturated carbocycles. The van der Waals surface area contributed by atoms with Gasteiger partial charge in [-0.2, -0.15) is 0 Å². The van der Waals surface area contributed by atoms with Gasteiger partial charge in [0, 0.05) is 32.8 Å². The van der Waals surface area contributed by atoms with Gasteiger partial charge in [-0.15, -0.1) is 0 Å². The number of aliphatic hydroxyl groups is 1. The largest absolute Gasteiger partial charge is 0.394 e. The molecule has 0 aromatic carbocycles. The Bertz CT molecular complexity index is 203. The lowest BCUT2D eigenvalue weighted by atomic mass is 9.79. The predicted molar refractivity (Wildman–Crippen MR) is 71.8 cm³/mol. The third-order valence-corrected chi connectivity index (χ3v) is 3.56. The smallest absolute Gasteiger partial charge is 0.0698 e. The predicted octanol–water partition coefficient (Wildman–Crippen LogP) is -0.0567. The first-order chi connectivity index (χ1) is 8.72. The molecule has 1 aliphatic heterocycles. The normalized spacial score (nSPS) is 19.3. The van der Waals surface area contributed by atoms with Gasteiger partial charge in [-0.1, -0.05) is 0 Å². The second kappa shape index (κ2) is 8.82. The van der Waals surface area contributed by atoms with E-state index in [1.54, 1.807) is 0 Å².